The van der Waals surface area contributed by atoms with Crippen molar-refractivity contribution >= 4 is 39.4 Å². The Hall–Kier alpha value is -1.07. The van der Waals surface area contributed by atoms with Crippen molar-refractivity contribution in [3.8, 4) is 0 Å². The molecule has 0 radical (unpaired) electrons. The van der Waals surface area contributed by atoms with Crippen LogP contribution in [0.5, 0.6) is 0 Å². The summed E-state index contributed by atoms with van der Waals surface area (Å²) in [5.41, 5.74) is 6.85. The van der Waals surface area contributed by atoms with Gasteiger partial charge in [0.2, 0.25) is 0 Å². The molecule has 1 aromatic carbocycles. The highest BCUT2D eigenvalue weighted by atomic mass is 79.9. The van der Waals surface area contributed by atoms with Crippen LogP contribution in [0.1, 0.15) is 24.4 Å². The van der Waals surface area contributed by atoms with Crippen LogP contribution in [0.25, 0.3) is 0 Å². The molecule has 1 aliphatic heterocycles. The van der Waals surface area contributed by atoms with Gasteiger partial charge in [0.1, 0.15) is 11.9 Å². The third-order valence-electron chi connectivity index (χ3n) is 3.47. The number of urea groups is 1. The van der Waals surface area contributed by atoms with Gasteiger partial charge in [0.15, 0.2) is 0 Å². The first-order valence-corrected chi connectivity index (χ1v) is 7.33. The van der Waals surface area contributed by atoms with Crippen molar-refractivity contribution in [3.05, 3.63) is 33.3 Å². The number of amidine groups is 1. The Morgan fingerprint density at radius 3 is 2.84 bits per heavy atom. The van der Waals surface area contributed by atoms with Crippen molar-refractivity contribution in [1.29, 1.82) is 0 Å². The maximum atomic E-state index is 11.9. The number of carbonyl (C=O) groups is 1. The number of hydrogen-bond acceptors (Lipinski definition) is 2. The average molecular weight is 343 g/mol. The summed E-state index contributed by atoms with van der Waals surface area (Å²) in [6.07, 6.45) is 2.36. The Morgan fingerprint density at radius 2 is 2.21 bits per heavy atom. The van der Waals surface area contributed by atoms with Gasteiger partial charge in [0.05, 0.1) is 5.02 Å². The van der Waals surface area contributed by atoms with Crippen LogP contribution in [0.2, 0.25) is 5.02 Å². The largest absolute Gasteiger partial charge is 0.385 e. The van der Waals surface area contributed by atoms with Gasteiger partial charge in [-0.1, -0.05) is 17.7 Å². The predicted molar refractivity (Wildman–Crippen MR) is 78.3 cm³/mol. The second kappa shape index (κ2) is 4.80. The number of aliphatic imine (C=N–C) groups is 1. The number of carbonyl (C=O) groups excluding carboxylic acids is 1. The molecule has 6 heteroatoms. The highest BCUT2D eigenvalue weighted by Crippen LogP contribution is 2.36. The van der Waals surface area contributed by atoms with Crippen molar-refractivity contribution in [2.75, 3.05) is 6.54 Å². The van der Waals surface area contributed by atoms with Crippen molar-refractivity contribution in [3.63, 3.8) is 0 Å². The fourth-order valence-electron chi connectivity index (χ4n) is 2.30. The average Bonchev–Trinajstić information content (AvgIpc) is 3.11. The van der Waals surface area contributed by atoms with Gasteiger partial charge in [0.25, 0.3) is 0 Å². The molecule has 1 unspecified atom stereocenters. The van der Waals surface area contributed by atoms with Crippen molar-refractivity contribution in [2.45, 2.75) is 18.9 Å². The normalized spacial score (nSPS) is 22.8. The molecule has 1 saturated carbocycles. The molecule has 19 heavy (non-hydrogen) atoms. The molecule has 1 aliphatic carbocycles. The molecule has 2 amide bonds. The minimum atomic E-state index is -0.262. The van der Waals surface area contributed by atoms with Crippen LogP contribution in [0.15, 0.2) is 27.7 Å². The summed E-state index contributed by atoms with van der Waals surface area (Å²) >= 11 is 9.39. The van der Waals surface area contributed by atoms with Gasteiger partial charge in [0, 0.05) is 11.0 Å². The van der Waals surface area contributed by atoms with E-state index in [0.29, 0.717) is 16.8 Å². The minimum absolute atomic E-state index is 0.236. The van der Waals surface area contributed by atoms with Gasteiger partial charge in [-0.2, -0.15) is 4.99 Å². The number of nitrogens with zero attached hydrogens (tertiary/aromatic N) is 2. The Bertz CT molecular complexity index is 571. The molecule has 0 spiro atoms. The highest BCUT2D eigenvalue weighted by Gasteiger charge is 2.38. The number of halogens is 2. The van der Waals surface area contributed by atoms with Crippen molar-refractivity contribution in [2.24, 2.45) is 16.6 Å². The molecule has 2 N–H and O–H groups in total. The molecule has 0 saturated heterocycles. The zero-order valence-electron chi connectivity index (χ0n) is 10.1. The SMILES string of the molecule is NC1=NC(=O)N(CC2CC2)C1c1ccc(Cl)c(Br)c1. The first-order valence-electron chi connectivity index (χ1n) is 6.16. The lowest BCUT2D eigenvalue weighted by Gasteiger charge is -2.24. The van der Waals surface area contributed by atoms with Crippen LogP contribution in [-0.2, 0) is 0 Å². The van der Waals surface area contributed by atoms with Gasteiger partial charge < -0.3 is 10.6 Å². The second-order valence-corrected chi connectivity index (χ2v) is 6.25. The fraction of sp³-hybridized carbons (Fsp3) is 0.385. The van der Waals surface area contributed by atoms with E-state index in [1.807, 2.05) is 12.1 Å². The maximum Gasteiger partial charge on any atom is 0.346 e. The standard InChI is InChI=1S/C13H13BrClN3O/c14-9-5-8(3-4-10(9)15)11-12(16)17-13(19)18(11)6-7-1-2-7/h3-5,7,11H,1-2,6H2,(H2,16,17,19). The third-order valence-corrected chi connectivity index (χ3v) is 4.69. The predicted octanol–water partition coefficient (Wildman–Crippen LogP) is 3.35. The summed E-state index contributed by atoms with van der Waals surface area (Å²) in [7, 11) is 0. The van der Waals surface area contributed by atoms with E-state index in [1.165, 1.54) is 12.8 Å². The van der Waals surface area contributed by atoms with E-state index in [1.54, 1.807) is 11.0 Å². The molecule has 2 aliphatic rings. The summed E-state index contributed by atoms with van der Waals surface area (Å²) in [6, 6.07) is 5.08. The molecule has 1 aromatic rings. The quantitative estimate of drug-likeness (QED) is 0.916. The van der Waals surface area contributed by atoms with E-state index in [4.69, 9.17) is 17.3 Å². The van der Waals surface area contributed by atoms with Gasteiger partial charge >= 0.3 is 6.03 Å². The zero-order valence-corrected chi connectivity index (χ0v) is 12.5. The van der Waals surface area contributed by atoms with Gasteiger partial charge in [-0.15, -0.1) is 0 Å². The first kappa shape index (κ1) is 12.9. The molecule has 1 fully saturated rings. The molecule has 1 atom stereocenters. The van der Waals surface area contributed by atoms with E-state index in [-0.39, 0.29) is 12.1 Å². The minimum Gasteiger partial charge on any atom is -0.385 e. The topological polar surface area (TPSA) is 58.7 Å². The molecule has 3 rings (SSSR count). The number of rotatable bonds is 3. The summed E-state index contributed by atoms with van der Waals surface area (Å²) in [5.74, 6) is 0.961. The summed E-state index contributed by atoms with van der Waals surface area (Å²) in [5, 5.41) is 0.636. The molecule has 4 nitrogen and oxygen atoms in total. The number of benzene rings is 1. The van der Waals surface area contributed by atoms with E-state index in [0.717, 1.165) is 16.6 Å². The third kappa shape index (κ3) is 2.49. The molecule has 0 aromatic heterocycles. The molecule has 1 heterocycles. The summed E-state index contributed by atoms with van der Waals surface area (Å²) < 4.78 is 0.796. The lowest BCUT2D eigenvalue weighted by atomic mass is 10.1. The van der Waals surface area contributed by atoms with Crippen molar-refractivity contribution < 1.29 is 4.79 Å². The number of nitrogens with two attached hydrogens (primary N) is 1. The van der Waals surface area contributed by atoms with Crippen molar-refractivity contribution in [1.82, 2.24) is 4.90 Å². The van der Waals surface area contributed by atoms with Crippen LogP contribution in [0.3, 0.4) is 0 Å². The number of amides is 2. The van der Waals surface area contributed by atoms with E-state index in [2.05, 4.69) is 20.9 Å². The Balaban J connectivity index is 1.92. The second-order valence-electron chi connectivity index (χ2n) is 4.99. The van der Waals surface area contributed by atoms with E-state index >= 15 is 0 Å². The summed E-state index contributed by atoms with van der Waals surface area (Å²) in [6.45, 7) is 0.730. The molecular weight excluding hydrogens is 330 g/mol. The van der Waals surface area contributed by atoms with Gasteiger partial charge in [-0.25, -0.2) is 4.79 Å². The van der Waals surface area contributed by atoms with E-state index in [9.17, 15) is 4.79 Å². The zero-order chi connectivity index (χ0) is 13.6. The van der Waals surface area contributed by atoms with Crippen LogP contribution < -0.4 is 5.73 Å². The van der Waals surface area contributed by atoms with Crippen LogP contribution >= 0.6 is 27.5 Å². The summed E-state index contributed by atoms with van der Waals surface area (Å²) in [4.78, 5) is 17.6. The lowest BCUT2D eigenvalue weighted by Crippen LogP contribution is -2.34. The molecule has 0 bridgehead atoms. The lowest BCUT2D eigenvalue weighted by molar-refractivity contribution is 0.204. The van der Waals surface area contributed by atoms with Crippen LogP contribution in [0.4, 0.5) is 4.79 Å². The Kier molecular flexibility index (Phi) is 3.27. The monoisotopic (exact) mass is 341 g/mol. The van der Waals surface area contributed by atoms with Gasteiger partial charge in [-0.3, -0.25) is 0 Å². The maximum absolute atomic E-state index is 11.9. The highest BCUT2D eigenvalue weighted by molar-refractivity contribution is 9.10. The Labute approximate surface area is 124 Å². The number of hydrogen-bond donors (Lipinski definition) is 1. The fourth-order valence-corrected chi connectivity index (χ4v) is 2.82. The van der Waals surface area contributed by atoms with Crippen LogP contribution in [0, 0.1) is 5.92 Å². The van der Waals surface area contributed by atoms with Crippen LogP contribution in [-0.4, -0.2) is 23.3 Å². The van der Waals surface area contributed by atoms with Gasteiger partial charge in [-0.05, 0) is 52.4 Å². The molecular formula is C13H13BrClN3O. The Morgan fingerprint density at radius 1 is 1.47 bits per heavy atom. The smallest absolute Gasteiger partial charge is 0.346 e. The molecule has 100 valence electrons. The van der Waals surface area contributed by atoms with E-state index < -0.39 is 0 Å². The first-order chi connectivity index (χ1) is 9.06.